The van der Waals surface area contributed by atoms with Crippen molar-refractivity contribution in [2.75, 3.05) is 49.6 Å². The molecule has 2 aliphatic rings. The maximum atomic E-state index is 14.2. The van der Waals surface area contributed by atoms with Gasteiger partial charge in [-0.1, -0.05) is 12.1 Å². The lowest BCUT2D eigenvalue weighted by atomic mass is 10.0. The number of aromatic nitrogens is 1. The third-order valence-corrected chi connectivity index (χ3v) is 8.51. The number of hydrogen-bond donors (Lipinski definition) is 1. The number of likely N-dealkylation sites (tertiary alicyclic amines) is 1. The number of pyridine rings is 1. The SMILES string of the molecule is Cc1nc(Oc2ccc(C(=O)N3CCOCC3)cc2)ccc1CN1CCC(N(C(=O)Nc2ccc(F)cc2)c2cccc(F)c2)CC1. The number of carbonyl (C=O) groups is 2. The number of benzene rings is 3. The van der Waals surface area contributed by atoms with Gasteiger partial charge in [0.05, 0.1) is 13.2 Å². The van der Waals surface area contributed by atoms with Crippen LogP contribution in [-0.2, 0) is 11.3 Å². The predicted molar refractivity (Wildman–Crippen MR) is 175 cm³/mol. The van der Waals surface area contributed by atoms with Gasteiger partial charge in [0.15, 0.2) is 0 Å². The minimum Gasteiger partial charge on any atom is -0.439 e. The molecule has 0 unspecified atom stereocenters. The molecule has 3 aromatic carbocycles. The first-order valence-electron chi connectivity index (χ1n) is 15.8. The molecule has 3 amide bonds. The van der Waals surface area contributed by atoms with Gasteiger partial charge in [0.25, 0.3) is 5.91 Å². The van der Waals surface area contributed by atoms with Crippen LogP contribution in [0.15, 0.2) is 84.9 Å². The molecule has 1 aromatic heterocycles. The van der Waals surface area contributed by atoms with Gasteiger partial charge in [-0.15, -0.1) is 0 Å². The number of halogens is 2. The molecule has 244 valence electrons. The van der Waals surface area contributed by atoms with Crippen molar-refractivity contribution in [3.05, 3.63) is 113 Å². The van der Waals surface area contributed by atoms with Crippen LogP contribution in [0.25, 0.3) is 0 Å². The first kappa shape index (κ1) is 32.1. The predicted octanol–water partition coefficient (Wildman–Crippen LogP) is 6.64. The number of aryl methyl sites for hydroxylation is 1. The lowest BCUT2D eigenvalue weighted by Gasteiger charge is -2.38. The Morgan fingerprint density at radius 2 is 1.64 bits per heavy atom. The van der Waals surface area contributed by atoms with E-state index in [1.165, 1.54) is 36.4 Å². The Bertz CT molecular complexity index is 1690. The number of carbonyl (C=O) groups excluding carboxylic acids is 2. The van der Waals surface area contributed by atoms with E-state index in [2.05, 4.69) is 15.2 Å². The number of nitrogens with zero attached hydrogens (tertiary/aromatic N) is 4. The summed E-state index contributed by atoms with van der Waals surface area (Å²) in [5.41, 5.74) is 3.45. The van der Waals surface area contributed by atoms with Gasteiger partial charge >= 0.3 is 6.03 Å². The average molecular weight is 642 g/mol. The Labute approximate surface area is 272 Å². The second kappa shape index (κ2) is 14.7. The van der Waals surface area contributed by atoms with Crippen LogP contribution in [0.5, 0.6) is 11.6 Å². The van der Waals surface area contributed by atoms with Crippen LogP contribution in [0.4, 0.5) is 25.0 Å². The molecule has 11 heteroatoms. The number of morpholine rings is 1. The van der Waals surface area contributed by atoms with Crippen LogP contribution < -0.4 is 15.0 Å². The summed E-state index contributed by atoms with van der Waals surface area (Å²) in [5.74, 6) is 0.225. The first-order valence-corrected chi connectivity index (χ1v) is 15.8. The summed E-state index contributed by atoms with van der Waals surface area (Å²) >= 11 is 0. The van der Waals surface area contributed by atoms with Gasteiger partial charge in [-0.05, 0) is 92.1 Å². The van der Waals surface area contributed by atoms with Gasteiger partial charge in [0.2, 0.25) is 5.88 Å². The number of urea groups is 1. The molecule has 0 atom stereocenters. The number of hydrogen-bond acceptors (Lipinski definition) is 6. The number of amides is 3. The van der Waals surface area contributed by atoms with Gasteiger partial charge in [0, 0.05) is 67.5 Å². The number of rotatable bonds is 8. The maximum Gasteiger partial charge on any atom is 0.326 e. The van der Waals surface area contributed by atoms with Gasteiger partial charge in [-0.2, -0.15) is 0 Å². The Balaban J connectivity index is 1.05. The zero-order valence-corrected chi connectivity index (χ0v) is 26.2. The van der Waals surface area contributed by atoms with E-state index >= 15 is 0 Å². The second-order valence-electron chi connectivity index (χ2n) is 11.7. The Morgan fingerprint density at radius 1 is 0.915 bits per heavy atom. The van der Waals surface area contributed by atoms with Gasteiger partial charge in [0.1, 0.15) is 17.4 Å². The van der Waals surface area contributed by atoms with Crippen molar-refractivity contribution in [2.45, 2.75) is 32.4 Å². The van der Waals surface area contributed by atoms with E-state index in [0.717, 1.165) is 24.3 Å². The third-order valence-electron chi connectivity index (χ3n) is 8.51. The standard InChI is InChI=1S/C36H37F2N5O4/c1-25-27(7-14-34(39-25)47-33-12-5-26(6-13-33)35(44)42-19-21-46-22-20-42)24-41-17-15-31(16-18-41)43(32-4-2-3-29(38)23-32)36(45)40-30-10-8-28(37)9-11-30/h2-14,23,31H,15-22,24H2,1H3,(H,40,45). The molecular formula is C36H37F2N5O4. The summed E-state index contributed by atoms with van der Waals surface area (Å²) < 4.78 is 38.9. The fraction of sp³-hybridized carbons (Fsp3) is 0.306. The summed E-state index contributed by atoms with van der Waals surface area (Å²) in [6.07, 6.45) is 1.37. The van der Waals surface area contributed by atoms with Crippen molar-refractivity contribution in [1.82, 2.24) is 14.8 Å². The molecule has 6 rings (SSSR count). The molecule has 0 aliphatic carbocycles. The molecule has 0 saturated carbocycles. The lowest BCUT2D eigenvalue weighted by molar-refractivity contribution is 0.0303. The van der Waals surface area contributed by atoms with Crippen LogP contribution in [0.1, 0.15) is 34.5 Å². The van der Waals surface area contributed by atoms with Crippen molar-refractivity contribution in [2.24, 2.45) is 0 Å². The van der Waals surface area contributed by atoms with Gasteiger partial charge in [-0.25, -0.2) is 18.6 Å². The van der Waals surface area contributed by atoms with E-state index in [4.69, 9.17) is 9.47 Å². The summed E-state index contributed by atoms with van der Waals surface area (Å²) in [4.78, 5) is 36.5. The third kappa shape index (κ3) is 8.11. The minimum absolute atomic E-state index is 0.0165. The van der Waals surface area contributed by atoms with Crippen LogP contribution in [-0.4, -0.2) is 72.2 Å². The monoisotopic (exact) mass is 641 g/mol. The van der Waals surface area contributed by atoms with Gasteiger partial charge in [-0.3, -0.25) is 14.6 Å². The summed E-state index contributed by atoms with van der Waals surface area (Å²) in [7, 11) is 0. The minimum atomic E-state index is -0.425. The molecule has 2 saturated heterocycles. The number of piperidine rings is 1. The van der Waals surface area contributed by atoms with Crippen molar-refractivity contribution in [1.29, 1.82) is 0 Å². The molecule has 2 aliphatic heterocycles. The fourth-order valence-corrected chi connectivity index (χ4v) is 5.94. The quantitative estimate of drug-likeness (QED) is 0.232. The van der Waals surface area contributed by atoms with Crippen molar-refractivity contribution < 1.29 is 27.8 Å². The smallest absolute Gasteiger partial charge is 0.326 e. The molecule has 2 fully saturated rings. The molecule has 0 spiro atoms. The van der Waals surface area contributed by atoms with E-state index in [9.17, 15) is 18.4 Å². The van der Waals surface area contributed by atoms with E-state index in [1.54, 1.807) is 46.2 Å². The summed E-state index contributed by atoms with van der Waals surface area (Å²) in [5, 5.41) is 2.83. The van der Waals surface area contributed by atoms with Crippen LogP contribution >= 0.6 is 0 Å². The molecule has 4 aromatic rings. The van der Waals surface area contributed by atoms with E-state index in [-0.39, 0.29) is 11.9 Å². The summed E-state index contributed by atoms with van der Waals surface area (Å²) in [6, 6.07) is 21.9. The zero-order valence-electron chi connectivity index (χ0n) is 26.2. The highest BCUT2D eigenvalue weighted by Crippen LogP contribution is 2.28. The lowest BCUT2D eigenvalue weighted by Crippen LogP contribution is -2.49. The highest BCUT2D eigenvalue weighted by Gasteiger charge is 2.30. The van der Waals surface area contributed by atoms with Crippen LogP contribution in [0.3, 0.4) is 0 Å². The second-order valence-corrected chi connectivity index (χ2v) is 11.7. The number of anilines is 2. The largest absolute Gasteiger partial charge is 0.439 e. The molecule has 47 heavy (non-hydrogen) atoms. The van der Waals surface area contributed by atoms with Crippen molar-refractivity contribution in [3.8, 4) is 11.6 Å². The van der Waals surface area contributed by atoms with Crippen LogP contribution in [0, 0.1) is 18.6 Å². The van der Waals surface area contributed by atoms with Crippen LogP contribution in [0.2, 0.25) is 0 Å². The topological polar surface area (TPSA) is 87.2 Å². The highest BCUT2D eigenvalue weighted by molar-refractivity contribution is 6.02. The average Bonchev–Trinajstić information content (AvgIpc) is 3.08. The normalized spacial score (nSPS) is 15.7. The van der Waals surface area contributed by atoms with E-state index in [0.29, 0.717) is 74.3 Å². The molecule has 0 bridgehead atoms. The summed E-state index contributed by atoms with van der Waals surface area (Å²) in [6.45, 7) is 6.39. The van der Waals surface area contributed by atoms with Crippen molar-refractivity contribution in [3.63, 3.8) is 0 Å². The highest BCUT2D eigenvalue weighted by atomic mass is 19.1. The number of ether oxygens (including phenoxy) is 2. The Morgan fingerprint density at radius 3 is 2.32 bits per heavy atom. The van der Waals surface area contributed by atoms with Crippen molar-refractivity contribution >= 4 is 23.3 Å². The van der Waals surface area contributed by atoms with Gasteiger partial charge < -0.3 is 19.7 Å². The zero-order chi connectivity index (χ0) is 32.8. The Kier molecular flexibility index (Phi) is 10.0. The molecule has 9 nitrogen and oxygen atoms in total. The van der Waals surface area contributed by atoms with E-state index < -0.39 is 17.7 Å². The first-order chi connectivity index (χ1) is 22.8. The fourth-order valence-electron chi connectivity index (χ4n) is 5.94. The maximum absolute atomic E-state index is 14.2. The number of nitrogens with one attached hydrogen (secondary N) is 1. The molecule has 1 N–H and O–H groups in total. The molecule has 0 radical (unpaired) electrons. The molecular weight excluding hydrogens is 604 g/mol. The van der Waals surface area contributed by atoms with E-state index in [1.807, 2.05) is 19.1 Å². The molecule has 3 heterocycles. The Hall–Kier alpha value is -4.87.